The summed E-state index contributed by atoms with van der Waals surface area (Å²) in [6.45, 7) is 9.39. The van der Waals surface area contributed by atoms with Gasteiger partial charge in [-0.2, -0.15) is 0 Å². The van der Waals surface area contributed by atoms with Crippen molar-refractivity contribution in [3.63, 3.8) is 0 Å². The van der Waals surface area contributed by atoms with Crippen LogP contribution in [0.1, 0.15) is 18.1 Å². The minimum absolute atomic E-state index is 0.0139. The van der Waals surface area contributed by atoms with Crippen LogP contribution in [0.2, 0.25) is 0 Å². The van der Waals surface area contributed by atoms with Gasteiger partial charge in [-0.3, -0.25) is 4.79 Å². The number of hydrogen-bond acceptors (Lipinski definition) is 6. The highest BCUT2D eigenvalue weighted by molar-refractivity contribution is 5.78. The van der Waals surface area contributed by atoms with Gasteiger partial charge in [-0.1, -0.05) is 29.8 Å². The van der Waals surface area contributed by atoms with Gasteiger partial charge in [-0.25, -0.2) is 0 Å². The van der Waals surface area contributed by atoms with Crippen molar-refractivity contribution in [1.29, 1.82) is 0 Å². The van der Waals surface area contributed by atoms with Gasteiger partial charge in [-0.15, -0.1) is 10.2 Å². The highest BCUT2D eigenvalue weighted by Gasteiger charge is 2.22. The van der Waals surface area contributed by atoms with E-state index in [2.05, 4.69) is 47.1 Å². The van der Waals surface area contributed by atoms with E-state index in [1.54, 1.807) is 6.07 Å². The van der Waals surface area contributed by atoms with Crippen LogP contribution in [-0.4, -0.2) is 60.4 Å². The first-order valence-electron chi connectivity index (χ1n) is 11.3. The van der Waals surface area contributed by atoms with E-state index < -0.39 is 0 Å². The Hall–Kier alpha value is -3.61. The van der Waals surface area contributed by atoms with E-state index >= 15 is 0 Å². The van der Waals surface area contributed by atoms with Gasteiger partial charge in [0.2, 0.25) is 0 Å². The van der Waals surface area contributed by atoms with Crippen molar-refractivity contribution < 1.29 is 14.3 Å². The fraction of sp³-hybridized carbons (Fsp3) is 0.346. The minimum Gasteiger partial charge on any atom is -0.494 e. The van der Waals surface area contributed by atoms with Crippen molar-refractivity contribution in [2.45, 2.75) is 20.8 Å². The molecule has 7 heteroatoms. The standard InChI is InChI=1S/C26H30N4O3/c1-4-32-21-6-5-7-22(17-21)33-18-26(31)30-14-12-29(13-15-30)25-11-10-24(27-28-25)23-9-8-19(2)16-20(23)3/h5-11,16-17H,4,12-15,18H2,1-3H3. The van der Waals surface area contributed by atoms with Gasteiger partial charge in [0.15, 0.2) is 12.4 Å². The van der Waals surface area contributed by atoms with E-state index in [1.165, 1.54) is 11.1 Å². The fourth-order valence-electron chi connectivity index (χ4n) is 3.98. The number of aromatic nitrogens is 2. The second-order valence-corrected chi connectivity index (χ2v) is 8.16. The lowest BCUT2D eigenvalue weighted by Crippen LogP contribution is -2.50. The summed E-state index contributed by atoms with van der Waals surface area (Å²) in [7, 11) is 0. The Balaban J connectivity index is 1.29. The third-order valence-electron chi connectivity index (χ3n) is 5.74. The molecule has 7 nitrogen and oxygen atoms in total. The number of aryl methyl sites for hydroxylation is 2. The van der Waals surface area contributed by atoms with Crippen LogP contribution in [0.25, 0.3) is 11.3 Å². The number of carbonyl (C=O) groups excluding carboxylic acids is 1. The SMILES string of the molecule is CCOc1cccc(OCC(=O)N2CCN(c3ccc(-c4ccc(C)cc4C)nn3)CC2)c1. The van der Waals surface area contributed by atoms with Gasteiger partial charge < -0.3 is 19.3 Å². The molecule has 1 aliphatic heterocycles. The quantitative estimate of drug-likeness (QED) is 0.549. The lowest BCUT2D eigenvalue weighted by atomic mass is 10.0. The molecule has 1 fully saturated rings. The maximum Gasteiger partial charge on any atom is 0.260 e. The van der Waals surface area contributed by atoms with Crippen molar-refractivity contribution in [3.05, 3.63) is 65.7 Å². The minimum atomic E-state index is -0.0206. The third-order valence-corrected chi connectivity index (χ3v) is 5.74. The number of nitrogens with zero attached hydrogens (tertiary/aromatic N) is 4. The average Bonchev–Trinajstić information content (AvgIpc) is 2.83. The van der Waals surface area contributed by atoms with E-state index in [1.807, 2.05) is 42.2 Å². The number of anilines is 1. The number of amides is 1. The summed E-state index contributed by atoms with van der Waals surface area (Å²) in [6, 6.07) is 17.7. The number of hydrogen-bond donors (Lipinski definition) is 0. The molecule has 2 heterocycles. The second kappa shape index (κ2) is 10.3. The number of benzene rings is 2. The summed E-state index contributed by atoms with van der Waals surface area (Å²) in [6.07, 6.45) is 0. The zero-order chi connectivity index (χ0) is 23.2. The first-order valence-corrected chi connectivity index (χ1v) is 11.3. The van der Waals surface area contributed by atoms with Crippen molar-refractivity contribution in [1.82, 2.24) is 15.1 Å². The molecule has 1 saturated heterocycles. The van der Waals surface area contributed by atoms with Gasteiger partial charge in [0, 0.05) is 37.8 Å². The van der Waals surface area contributed by atoms with Gasteiger partial charge in [0.05, 0.1) is 12.3 Å². The molecular weight excluding hydrogens is 416 g/mol. The van der Waals surface area contributed by atoms with Gasteiger partial charge in [0.1, 0.15) is 11.5 Å². The monoisotopic (exact) mass is 446 g/mol. The molecule has 1 aliphatic rings. The molecule has 1 amide bonds. The first kappa shape index (κ1) is 22.6. The molecule has 0 aliphatic carbocycles. The Bertz CT molecular complexity index is 1090. The number of ether oxygens (including phenoxy) is 2. The van der Waals surface area contributed by atoms with Crippen molar-refractivity contribution >= 4 is 11.7 Å². The van der Waals surface area contributed by atoms with E-state index in [9.17, 15) is 4.79 Å². The van der Waals surface area contributed by atoms with E-state index in [-0.39, 0.29) is 12.5 Å². The molecule has 0 atom stereocenters. The van der Waals surface area contributed by atoms with E-state index in [0.29, 0.717) is 38.5 Å². The van der Waals surface area contributed by atoms with Crippen LogP contribution in [-0.2, 0) is 4.79 Å². The smallest absolute Gasteiger partial charge is 0.260 e. The third kappa shape index (κ3) is 5.61. The van der Waals surface area contributed by atoms with Crippen LogP contribution in [0.15, 0.2) is 54.6 Å². The first-order chi connectivity index (χ1) is 16.0. The van der Waals surface area contributed by atoms with Crippen molar-refractivity contribution in [2.24, 2.45) is 0 Å². The maximum absolute atomic E-state index is 12.6. The lowest BCUT2D eigenvalue weighted by Gasteiger charge is -2.35. The van der Waals surface area contributed by atoms with Crippen molar-refractivity contribution in [2.75, 3.05) is 44.3 Å². The Morgan fingerprint density at radius 2 is 1.67 bits per heavy atom. The molecule has 2 aromatic carbocycles. The zero-order valence-corrected chi connectivity index (χ0v) is 19.5. The van der Waals surface area contributed by atoms with Crippen molar-refractivity contribution in [3.8, 4) is 22.8 Å². The maximum atomic E-state index is 12.6. The number of carbonyl (C=O) groups is 1. The highest BCUT2D eigenvalue weighted by atomic mass is 16.5. The molecule has 0 saturated carbocycles. The normalized spacial score (nSPS) is 13.7. The van der Waals surface area contributed by atoms with Crippen LogP contribution in [0.4, 0.5) is 5.82 Å². The highest BCUT2D eigenvalue weighted by Crippen LogP contribution is 2.24. The summed E-state index contributed by atoms with van der Waals surface area (Å²) in [4.78, 5) is 16.6. The van der Waals surface area contributed by atoms with Crippen LogP contribution in [0, 0.1) is 13.8 Å². The molecule has 172 valence electrons. The molecule has 0 bridgehead atoms. The largest absolute Gasteiger partial charge is 0.494 e. The molecule has 0 spiro atoms. The Morgan fingerprint density at radius 1 is 0.909 bits per heavy atom. The molecular formula is C26H30N4O3. The summed E-state index contributed by atoms with van der Waals surface area (Å²) in [5.74, 6) is 2.18. The average molecular weight is 447 g/mol. The molecule has 0 radical (unpaired) electrons. The molecule has 1 aromatic heterocycles. The molecule has 3 aromatic rings. The van der Waals surface area contributed by atoms with Crippen LogP contribution < -0.4 is 14.4 Å². The lowest BCUT2D eigenvalue weighted by molar-refractivity contribution is -0.133. The van der Waals surface area contributed by atoms with E-state index in [4.69, 9.17) is 9.47 Å². The predicted octanol–water partition coefficient (Wildman–Crippen LogP) is 3.89. The van der Waals surface area contributed by atoms with Gasteiger partial charge >= 0.3 is 0 Å². The predicted molar refractivity (Wildman–Crippen MR) is 129 cm³/mol. The zero-order valence-electron chi connectivity index (χ0n) is 19.5. The summed E-state index contributed by atoms with van der Waals surface area (Å²) < 4.78 is 11.2. The fourth-order valence-corrected chi connectivity index (χ4v) is 3.98. The molecule has 0 unspecified atom stereocenters. The number of rotatable bonds is 7. The Morgan fingerprint density at radius 3 is 2.33 bits per heavy atom. The Kier molecular flexibility index (Phi) is 7.07. The molecule has 4 rings (SSSR count). The summed E-state index contributed by atoms with van der Waals surface area (Å²) >= 11 is 0. The molecule has 33 heavy (non-hydrogen) atoms. The van der Waals surface area contributed by atoms with Crippen LogP contribution in [0.3, 0.4) is 0 Å². The summed E-state index contributed by atoms with van der Waals surface area (Å²) in [5.41, 5.74) is 4.39. The van der Waals surface area contributed by atoms with Crippen LogP contribution in [0.5, 0.6) is 11.5 Å². The van der Waals surface area contributed by atoms with Gasteiger partial charge in [0.25, 0.3) is 5.91 Å². The number of piperazine rings is 1. The van der Waals surface area contributed by atoms with Crippen LogP contribution >= 0.6 is 0 Å². The molecule has 0 N–H and O–H groups in total. The Labute approximate surface area is 195 Å². The second-order valence-electron chi connectivity index (χ2n) is 8.16. The van der Waals surface area contributed by atoms with E-state index in [0.717, 1.165) is 22.8 Å². The summed E-state index contributed by atoms with van der Waals surface area (Å²) in [5, 5.41) is 8.90. The topological polar surface area (TPSA) is 67.8 Å². The van der Waals surface area contributed by atoms with Gasteiger partial charge in [-0.05, 0) is 50.6 Å².